The Balaban J connectivity index is 2.49. The lowest BCUT2D eigenvalue weighted by molar-refractivity contribution is -0.141. The Hall–Kier alpha value is -2.37. The molecule has 2 unspecified atom stereocenters. The Morgan fingerprint density at radius 3 is 2.48 bits per heavy atom. The molecule has 1 heterocycles. The van der Waals surface area contributed by atoms with Crippen molar-refractivity contribution in [3.05, 3.63) is 35.4 Å². The van der Waals surface area contributed by atoms with Crippen molar-refractivity contribution < 1.29 is 19.5 Å². The lowest BCUT2D eigenvalue weighted by atomic mass is 9.94. The first-order chi connectivity index (χ1) is 9.84. The van der Waals surface area contributed by atoms with E-state index in [2.05, 4.69) is 0 Å². The molecule has 0 fully saturated rings. The smallest absolute Gasteiger partial charge is 0.305 e. The van der Waals surface area contributed by atoms with Crippen LogP contribution in [-0.2, 0) is 9.59 Å². The van der Waals surface area contributed by atoms with E-state index in [1.54, 1.807) is 12.1 Å². The summed E-state index contributed by atoms with van der Waals surface area (Å²) in [6, 6.07) is 5.60. The van der Waals surface area contributed by atoms with Crippen molar-refractivity contribution in [1.82, 2.24) is 4.90 Å². The summed E-state index contributed by atoms with van der Waals surface area (Å²) in [6.07, 6.45) is -0.488. The highest BCUT2D eigenvalue weighted by atomic mass is 16.4. The Kier molecular flexibility index (Phi) is 3.97. The summed E-state index contributed by atoms with van der Waals surface area (Å²) in [4.78, 5) is 36.5. The van der Waals surface area contributed by atoms with Gasteiger partial charge in [0.1, 0.15) is 6.04 Å². The number of aliphatic carboxylic acids is 1. The van der Waals surface area contributed by atoms with Crippen LogP contribution in [0.3, 0.4) is 0 Å². The molecule has 6 heteroatoms. The molecule has 2 rings (SSSR count). The van der Waals surface area contributed by atoms with Crippen LogP contribution in [0.15, 0.2) is 24.3 Å². The summed E-state index contributed by atoms with van der Waals surface area (Å²) in [5.41, 5.74) is 6.65. The lowest BCUT2D eigenvalue weighted by Crippen LogP contribution is -2.48. The van der Waals surface area contributed by atoms with Crippen molar-refractivity contribution in [3.63, 3.8) is 0 Å². The quantitative estimate of drug-likeness (QED) is 0.849. The van der Waals surface area contributed by atoms with Crippen molar-refractivity contribution in [2.75, 3.05) is 0 Å². The molecule has 0 saturated carbocycles. The average Bonchev–Trinajstić information content (AvgIpc) is 2.69. The number of hydrogen-bond acceptors (Lipinski definition) is 3. The third-order valence-electron chi connectivity index (χ3n) is 3.71. The minimum absolute atomic E-state index is 0.0354. The first-order valence-electron chi connectivity index (χ1n) is 6.77. The van der Waals surface area contributed by atoms with Crippen LogP contribution in [0.5, 0.6) is 0 Å². The van der Waals surface area contributed by atoms with E-state index in [9.17, 15) is 14.4 Å². The Morgan fingerprint density at radius 1 is 1.33 bits per heavy atom. The van der Waals surface area contributed by atoms with Crippen LogP contribution in [-0.4, -0.2) is 33.8 Å². The van der Waals surface area contributed by atoms with Gasteiger partial charge in [-0.15, -0.1) is 0 Å². The third-order valence-corrected chi connectivity index (χ3v) is 3.71. The lowest BCUT2D eigenvalue weighted by Gasteiger charge is -2.33. The fraction of sp³-hybridized carbons (Fsp3) is 0.400. The van der Waals surface area contributed by atoms with Crippen LogP contribution < -0.4 is 5.73 Å². The molecule has 0 saturated heterocycles. The maximum Gasteiger partial charge on any atom is 0.305 e. The molecular weight excluding hydrogens is 272 g/mol. The molecule has 112 valence electrons. The van der Waals surface area contributed by atoms with Crippen molar-refractivity contribution in [3.8, 4) is 0 Å². The first-order valence-corrected chi connectivity index (χ1v) is 6.77. The standard InChI is InChI=1S/C15H18N2O4/c1-8(2)13-9-5-3-4-6-10(9)15(21)17(13)11(14(16)20)7-12(18)19/h3-6,8,11,13H,7H2,1-2H3,(H2,16,20)(H,18,19). The first kappa shape index (κ1) is 15.0. The van der Waals surface area contributed by atoms with Gasteiger partial charge in [0.25, 0.3) is 5.91 Å². The van der Waals surface area contributed by atoms with E-state index in [0.717, 1.165) is 5.56 Å². The summed E-state index contributed by atoms with van der Waals surface area (Å²) in [7, 11) is 0. The zero-order valence-corrected chi connectivity index (χ0v) is 11.9. The molecule has 0 aromatic heterocycles. The van der Waals surface area contributed by atoms with Gasteiger partial charge in [0, 0.05) is 5.56 Å². The molecule has 0 spiro atoms. The van der Waals surface area contributed by atoms with Crippen molar-refractivity contribution in [2.24, 2.45) is 11.7 Å². The van der Waals surface area contributed by atoms with Gasteiger partial charge in [-0.05, 0) is 17.5 Å². The summed E-state index contributed by atoms with van der Waals surface area (Å²) in [5.74, 6) is -2.27. The normalized spacial score (nSPS) is 18.7. The zero-order chi connectivity index (χ0) is 15.7. The van der Waals surface area contributed by atoms with Crippen molar-refractivity contribution >= 4 is 17.8 Å². The molecule has 0 bridgehead atoms. The maximum absolute atomic E-state index is 12.6. The molecule has 1 aromatic rings. The molecular formula is C15H18N2O4. The molecule has 6 nitrogen and oxygen atoms in total. The minimum atomic E-state index is -1.16. The van der Waals surface area contributed by atoms with E-state index in [0.29, 0.717) is 5.56 Å². The largest absolute Gasteiger partial charge is 0.481 e. The van der Waals surface area contributed by atoms with Crippen molar-refractivity contribution in [1.29, 1.82) is 0 Å². The van der Waals surface area contributed by atoms with Crippen molar-refractivity contribution in [2.45, 2.75) is 32.4 Å². The van der Waals surface area contributed by atoms with Gasteiger partial charge in [-0.3, -0.25) is 14.4 Å². The Bertz CT molecular complexity index is 597. The maximum atomic E-state index is 12.6. The van der Waals surface area contributed by atoms with Gasteiger partial charge >= 0.3 is 5.97 Å². The SMILES string of the molecule is CC(C)C1c2ccccc2C(=O)N1C(CC(=O)O)C(N)=O. The molecule has 2 amide bonds. The number of carboxylic acid groups (broad SMARTS) is 1. The van der Waals surface area contributed by atoms with Crippen LogP contribution in [0.2, 0.25) is 0 Å². The zero-order valence-electron chi connectivity index (χ0n) is 11.9. The topological polar surface area (TPSA) is 101 Å². The average molecular weight is 290 g/mol. The summed E-state index contributed by atoms with van der Waals surface area (Å²) in [6.45, 7) is 3.84. The van der Waals surface area contributed by atoms with Gasteiger partial charge < -0.3 is 15.7 Å². The molecule has 0 radical (unpaired) electrons. The molecule has 0 aliphatic carbocycles. The van der Waals surface area contributed by atoms with E-state index in [4.69, 9.17) is 10.8 Å². The fourth-order valence-electron chi connectivity index (χ4n) is 2.88. The number of fused-ring (bicyclic) bond motifs is 1. The van der Waals surface area contributed by atoms with Gasteiger partial charge in [-0.1, -0.05) is 32.0 Å². The van der Waals surface area contributed by atoms with Gasteiger partial charge in [-0.25, -0.2) is 0 Å². The van der Waals surface area contributed by atoms with Gasteiger partial charge in [-0.2, -0.15) is 0 Å². The van der Waals surface area contributed by atoms with Crippen LogP contribution in [0.25, 0.3) is 0 Å². The predicted molar refractivity (Wildman–Crippen MR) is 75.4 cm³/mol. The van der Waals surface area contributed by atoms with Crippen LogP contribution in [0, 0.1) is 5.92 Å². The second-order valence-electron chi connectivity index (χ2n) is 5.50. The predicted octanol–water partition coefficient (Wildman–Crippen LogP) is 1.17. The van der Waals surface area contributed by atoms with Crippen LogP contribution >= 0.6 is 0 Å². The van der Waals surface area contributed by atoms with Gasteiger partial charge in [0.05, 0.1) is 12.5 Å². The van der Waals surface area contributed by atoms with E-state index >= 15 is 0 Å². The Morgan fingerprint density at radius 2 is 1.95 bits per heavy atom. The minimum Gasteiger partial charge on any atom is -0.481 e. The summed E-state index contributed by atoms with van der Waals surface area (Å²) >= 11 is 0. The highest BCUT2D eigenvalue weighted by Gasteiger charge is 2.44. The second kappa shape index (κ2) is 5.55. The van der Waals surface area contributed by atoms with Gasteiger partial charge in [0.15, 0.2) is 0 Å². The molecule has 1 aliphatic rings. The van der Waals surface area contributed by atoms with Crippen LogP contribution in [0.1, 0.15) is 42.2 Å². The van der Waals surface area contributed by atoms with E-state index in [1.807, 2.05) is 26.0 Å². The summed E-state index contributed by atoms with van der Waals surface area (Å²) in [5, 5.41) is 8.98. The van der Waals surface area contributed by atoms with Crippen LogP contribution in [0.4, 0.5) is 0 Å². The number of hydrogen-bond donors (Lipinski definition) is 2. The van der Waals surface area contributed by atoms with Gasteiger partial charge in [0.2, 0.25) is 5.91 Å². The monoisotopic (exact) mass is 290 g/mol. The fourth-order valence-corrected chi connectivity index (χ4v) is 2.88. The molecule has 21 heavy (non-hydrogen) atoms. The second-order valence-corrected chi connectivity index (χ2v) is 5.50. The third kappa shape index (κ3) is 2.61. The number of carboxylic acids is 1. The number of benzene rings is 1. The number of carbonyl (C=O) groups excluding carboxylic acids is 2. The van der Waals surface area contributed by atoms with E-state index in [1.165, 1.54) is 4.90 Å². The Labute approximate surface area is 122 Å². The molecule has 1 aromatic carbocycles. The van der Waals surface area contributed by atoms with E-state index in [-0.39, 0.29) is 17.9 Å². The number of primary amides is 1. The molecule has 2 atom stereocenters. The summed E-state index contributed by atoms with van der Waals surface area (Å²) < 4.78 is 0. The number of carbonyl (C=O) groups is 3. The number of rotatable bonds is 5. The molecule has 3 N–H and O–H groups in total. The number of amides is 2. The highest BCUT2D eigenvalue weighted by Crippen LogP contribution is 2.40. The highest BCUT2D eigenvalue weighted by molar-refractivity contribution is 6.02. The van der Waals surface area contributed by atoms with E-state index < -0.39 is 24.3 Å². The molecule has 1 aliphatic heterocycles. The number of nitrogens with two attached hydrogens (primary N) is 1. The number of nitrogens with zero attached hydrogens (tertiary/aromatic N) is 1.